The molecule has 2 amide bonds. The molecular formula is C19H14BrFN4O3S. The highest BCUT2D eigenvalue weighted by molar-refractivity contribution is 9.10. The third-order valence-electron chi connectivity index (χ3n) is 4.12. The van der Waals surface area contributed by atoms with Crippen molar-refractivity contribution in [1.82, 2.24) is 10.2 Å². The number of rotatable bonds is 5. The average Bonchev–Trinajstić information content (AvgIpc) is 3.10. The van der Waals surface area contributed by atoms with Crippen LogP contribution in [0, 0.1) is 5.82 Å². The first-order valence-electron chi connectivity index (χ1n) is 8.57. The number of amides is 2. The Morgan fingerprint density at radius 2 is 2.14 bits per heavy atom. The normalized spacial score (nSPS) is 13.0. The van der Waals surface area contributed by atoms with Crippen LogP contribution in [0.25, 0.3) is 0 Å². The van der Waals surface area contributed by atoms with Crippen LogP contribution >= 0.6 is 27.3 Å². The number of nitrogens with zero attached hydrogens (tertiary/aromatic N) is 3. The highest BCUT2D eigenvalue weighted by Crippen LogP contribution is 2.34. The summed E-state index contributed by atoms with van der Waals surface area (Å²) in [6, 6.07) is 11.5. The average molecular weight is 477 g/mol. The van der Waals surface area contributed by atoms with Crippen LogP contribution in [-0.4, -0.2) is 35.2 Å². The SMILES string of the molecule is O=C(CN1C(=O)COc2cc(Br)ccc21)Nc1nnc(Cc2cccc(F)c2)s1. The van der Waals surface area contributed by atoms with Crippen LogP contribution in [0.1, 0.15) is 10.6 Å². The van der Waals surface area contributed by atoms with Gasteiger partial charge in [-0.1, -0.05) is 39.4 Å². The maximum atomic E-state index is 13.3. The topological polar surface area (TPSA) is 84.4 Å². The van der Waals surface area contributed by atoms with Gasteiger partial charge in [-0.3, -0.25) is 19.8 Å². The van der Waals surface area contributed by atoms with E-state index in [0.29, 0.717) is 28.0 Å². The second kappa shape index (κ2) is 8.26. The van der Waals surface area contributed by atoms with Gasteiger partial charge in [0.1, 0.15) is 23.1 Å². The monoisotopic (exact) mass is 476 g/mol. The summed E-state index contributed by atoms with van der Waals surface area (Å²) in [6.45, 7) is -0.303. The Hall–Kier alpha value is -2.85. The first kappa shape index (κ1) is 19.5. The molecule has 2 aromatic carbocycles. The van der Waals surface area contributed by atoms with Gasteiger partial charge >= 0.3 is 0 Å². The lowest BCUT2D eigenvalue weighted by molar-refractivity contribution is -0.123. The van der Waals surface area contributed by atoms with Crippen molar-refractivity contribution in [2.45, 2.75) is 6.42 Å². The maximum Gasteiger partial charge on any atom is 0.265 e. The second-order valence-electron chi connectivity index (χ2n) is 6.24. The fraction of sp³-hybridized carbons (Fsp3) is 0.158. The number of anilines is 2. The third kappa shape index (κ3) is 4.60. The van der Waals surface area contributed by atoms with Gasteiger partial charge < -0.3 is 4.74 Å². The fourth-order valence-electron chi connectivity index (χ4n) is 2.85. The van der Waals surface area contributed by atoms with Crippen molar-refractivity contribution >= 4 is 49.9 Å². The molecule has 3 aromatic rings. The van der Waals surface area contributed by atoms with Crippen molar-refractivity contribution in [3.8, 4) is 5.75 Å². The van der Waals surface area contributed by atoms with E-state index in [1.165, 1.54) is 28.4 Å². The largest absolute Gasteiger partial charge is 0.482 e. The lowest BCUT2D eigenvalue weighted by atomic mass is 10.1. The summed E-state index contributed by atoms with van der Waals surface area (Å²) >= 11 is 4.55. The molecule has 0 unspecified atom stereocenters. The van der Waals surface area contributed by atoms with E-state index >= 15 is 0 Å². The highest BCUT2D eigenvalue weighted by Gasteiger charge is 2.27. The predicted molar refractivity (Wildman–Crippen MR) is 110 cm³/mol. The van der Waals surface area contributed by atoms with Crippen LogP contribution in [0.3, 0.4) is 0 Å². The smallest absolute Gasteiger partial charge is 0.265 e. The van der Waals surface area contributed by atoms with E-state index in [1.54, 1.807) is 30.3 Å². The molecule has 1 aliphatic rings. The fourth-order valence-corrected chi connectivity index (χ4v) is 3.98. The quantitative estimate of drug-likeness (QED) is 0.609. The molecule has 0 spiro atoms. The molecule has 0 aliphatic carbocycles. The number of benzene rings is 2. The Balaban J connectivity index is 1.42. The summed E-state index contributed by atoms with van der Waals surface area (Å²) in [4.78, 5) is 26.0. The van der Waals surface area contributed by atoms with Crippen LogP contribution in [-0.2, 0) is 16.0 Å². The van der Waals surface area contributed by atoms with E-state index in [9.17, 15) is 14.0 Å². The number of halogens is 2. The zero-order chi connectivity index (χ0) is 20.4. The molecule has 0 bridgehead atoms. The molecule has 2 heterocycles. The highest BCUT2D eigenvalue weighted by atomic mass is 79.9. The lowest BCUT2D eigenvalue weighted by Crippen LogP contribution is -2.43. The second-order valence-corrected chi connectivity index (χ2v) is 8.21. The van der Waals surface area contributed by atoms with Crippen molar-refractivity contribution in [3.05, 3.63) is 63.3 Å². The summed E-state index contributed by atoms with van der Waals surface area (Å²) < 4.78 is 19.5. The molecule has 1 aromatic heterocycles. The standard InChI is InChI=1S/C19H14BrFN4O3S/c20-12-4-5-14-15(8-12)28-10-18(27)25(14)9-16(26)22-19-24-23-17(29-19)7-11-2-1-3-13(21)6-11/h1-6,8H,7,9-10H2,(H,22,24,26). The van der Waals surface area contributed by atoms with Crippen molar-refractivity contribution in [3.63, 3.8) is 0 Å². The molecule has 0 saturated heterocycles. The van der Waals surface area contributed by atoms with Crippen molar-refractivity contribution in [2.75, 3.05) is 23.4 Å². The molecule has 148 valence electrons. The van der Waals surface area contributed by atoms with E-state index in [2.05, 4.69) is 31.4 Å². The Kier molecular flexibility index (Phi) is 5.54. The van der Waals surface area contributed by atoms with E-state index in [-0.39, 0.29) is 24.9 Å². The number of aromatic nitrogens is 2. The minimum Gasteiger partial charge on any atom is -0.482 e. The van der Waals surface area contributed by atoms with Crippen molar-refractivity contribution < 1.29 is 18.7 Å². The minimum atomic E-state index is -0.400. The van der Waals surface area contributed by atoms with Gasteiger partial charge in [0.25, 0.3) is 5.91 Å². The van der Waals surface area contributed by atoms with Gasteiger partial charge in [0, 0.05) is 10.9 Å². The van der Waals surface area contributed by atoms with E-state index in [4.69, 9.17) is 4.74 Å². The lowest BCUT2D eigenvalue weighted by Gasteiger charge is -2.28. The Morgan fingerprint density at radius 3 is 2.97 bits per heavy atom. The number of ether oxygens (including phenoxy) is 1. The molecule has 7 nitrogen and oxygen atoms in total. The van der Waals surface area contributed by atoms with E-state index in [0.717, 1.165) is 10.0 Å². The summed E-state index contributed by atoms with van der Waals surface area (Å²) in [7, 11) is 0. The molecule has 0 atom stereocenters. The van der Waals surface area contributed by atoms with Crippen molar-refractivity contribution in [2.24, 2.45) is 0 Å². The van der Waals surface area contributed by atoms with Gasteiger partial charge in [-0.2, -0.15) is 0 Å². The molecule has 1 aliphatic heterocycles. The third-order valence-corrected chi connectivity index (χ3v) is 5.46. The van der Waals surface area contributed by atoms with Gasteiger partial charge in [0.05, 0.1) is 5.69 Å². The molecule has 4 rings (SSSR count). The van der Waals surface area contributed by atoms with Crippen LogP contribution in [0.5, 0.6) is 5.75 Å². The molecule has 29 heavy (non-hydrogen) atoms. The first-order chi connectivity index (χ1) is 14.0. The van der Waals surface area contributed by atoms with Crippen molar-refractivity contribution in [1.29, 1.82) is 0 Å². The zero-order valence-corrected chi connectivity index (χ0v) is 17.3. The number of carbonyl (C=O) groups excluding carboxylic acids is 2. The summed E-state index contributed by atoms with van der Waals surface area (Å²) in [5.74, 6) is -0.496. The Bertz CT molecular complexity index is 1090. The Labute approximate surface area is 177 Å². The summed E-state index contributed by atoms with van der Waals surface area (Å²) in [5, 5.41) is 11.6. The Morgan fingerprint density at radius 1 is 1.28 bits per heavy atom. The first-order valence-corrected chi connectivity index (χ1v) is 10.2. The zero-order valence-electron chi connectivity index (χ0n) is 14.9. The molecule has 10 heteroatoms. The maximum absolute atomic E-state index is 13.3. The van der Waals surface area contributed by atoms with Gasteiger partial charge in [0.15, 0.2) is 6.61 Å². The number of nitrogens with one attached hydrogen (secondary N) is 1. The molecule has 0 saturated carbocycles. The van der Waals surface area contributed by atoms with E-state index in [1.807, 2.05) is 0 Å². The number of fused-ring (bicyclic) bond motifs is 1. The minimum absolute atomic E-state index is 0.132. The van der Waals surface area contributed by atoms with Crippen LogP contribution in [0.15, 0.2) is 46.9 Å². The number of hydrogen-bond acceptors (Lipinski definition) is 6. The summed E-state index contributed by atoms with van der Waals surface area (Å²) in [5.41, 5.74) is 1.30. The molecule has 0 radical (unpaired) electrons. The number of carbonyl (C=O) groups is 2. The predicted octanol–water partition coefficient (Wildman–Crippen LogP) is 3.39. The molecular weight excluding hydrogens is 463 g/mol. The summed E-state index contributed by atoms with van der Waals surface area (Å²) in [6.07, 6.45) is 0.412. The van der Waals surface area contributed by atoms with Gasteiger partial charge in [-0.15, -0.1) is 10.2 Å². The van der Waals surface area contributed by atoms with Gasteiger partial charge in [-0.05, 0) is 35.9 Å². The van der Waals surface area contributed by atoms with Crippen LogP contribution in [0.2, 0.25) is 0 Å². The number of hydrogen-bond donors (Lipinski definition) is 1. The molecule has 1 N–H and O–H groups in total. The molecule has 0 fully saturated rings. The van der Waals surface area contributed by atoms with Crippen LogP contribution in [0.4, 0.5) is 15.2 Å². The van der Waals surface area contributed by atoms with Gasteiger partial charge in [-0.25, -0.2) is 4.39 Å². The van der Waals surface area contributed by atoms with Gasteiger partial charge in [0.2, 0.25) is 11.0 Å². The van der Waals surface area contributed by atoms with Crippen LogP contribution < -0.4 is 15.0 Å². The van der Waals surface area contributed by atoms with E-state index < -0.39 is 5.91 Å².